The highest BCUT2D eigenvalue weighted by Gasteiger charge is 2.21. The molecule has 1 saturated heterocycles. The molecule has 1 N–H and O–H groups in total. The quantitative estimate of drug-likeness (QED) is 0.919. The molecule has 0 bridgehead atoms. The fourth-order valence-corrected chi connectivity index (χ4v) is 3.17. The molecule has 1 fully saturated rings. The van der Waals surface area contributed by atoms with Gasteiger partial charge < -0.3 is 10.2 Å². The molecule has 1 aromatic carbocycles. The second-order valence-electron chi connectivity index (χ2n) is 5.66. The third kappa shape index (κ3) is 2.17. The van der Waals surface area contributed by atoms with Crippen molar-refractivity contribution in [3.05, 3.63) is 42.1 Å². The highest BCUT2D eigenvalue weighted by atomic mass is 16.1. The first-order valence-corrected chi connectivity index (χ1v) is 7.44. The summed E-state index contributed by atoms with van der Waals surface area (Å²) in [7, 11) is 0. The number of rotatable bonds is 2. The molecule has 2 aromatic rings. The number of nitrogens with zero attached hydrogens (tertiary/aromatic N) is 2. The normalized spacial score (nSPS) is 17.0. The molecule has 0 unspecified atom stereocenters. The number of hydrogen-bond acceptors (Lipinski definition) is 3. The zero-order valence-corrected chi connectivity index (χ0v) is 11.8. The molecule has 2 aliphatic rings. The molecule has 1 aromatic heterocycles. The van der Waals surface area contributed by atoms with Gasteiger partial charge >= 0.3 is 0 Å². The zero-order chi connectivity index (χ0) is 14.2. The Kier molecular flexibility index (Phi) is 2.88. The predicted molar refractivity (Wildman–Crippen MR) is 83.5 cm³/mol. The SMILES string of the molecule is O=C1Cc2cccc(-c3ccc(N4CCCC4)nc3)c2N1. The number of aromatic nitrogens is 1. The number of nitrogens with one attached hydrogen (secondary N) is 1. The smallest absolute Gasteiger partial charge is 0.228 e. The topological polar surface area (TPSA) is 45.2 Å². The van der Waals surface area contributed by atoms with E-state index in [9.17, 15) is 4.79 Å². The molecule has 2 aliphatic heterocycles. The molecule has 0 aliphatic carbocycles. The van der Waals surface area contributed by atoms with Gasteiger partial charge in [0.25, 0.3) is 0 Å². The Morgan fingerprint density at radius 2 is 1.95 bits per heavy atom. The van der Waals surface area contributed by atoms with Crippen LogP contribution in [0.1, 0.15) is 18.4 Å². The van der Waals surface area contributed by atoms with Crippen LogP contribution in [-0.2, 0) is 11.2 Å². The maximum Gasteiger partial charge on any atom is 0.228 e. The molecule has 3 heterocycles. The standard InChI is InChI=1S/C17H17N3O/c21-16-10-12-4-3-5-14(17(12)19-16)13-6-7-15(18-11-13)20-8-1-2-9-20/h3-7,11H,1-2,8-10H2,(H,19,21). The van der Waals surface area contributed by atoms with Crippen LogP contribution in [0.25, 0.3) is 11.1 Å². The van der Waals surface area contributed by atoms with E-state index < -0.39 is 0 Å². The van der Waals surface area contributed by atoms with Gasteiger partial charge in [-0.2, -0.15) is 0 Å². The van der Waals surface area contributed by atoms with Gasteiger partial charge in [0, 0.05) is 30.4 Å². The van der Waals surface area contributed by atoms with Crippen molar-refractivity contribution in [2.24, 2.45) is 0 Å². The number of carbonyl (C=O) groups is 1. The van der Waals surface area contributed by atoms with E-state index in [-0.39, 0.29) is 5.91 Å². The zero-order valence-electron chi connectivity index (χ0n) is 11.8. The van der Waals surface area contributed by atoms with Gasteiger partial charge in [-0.05, 0) is 30.5 Å². The number of benzene rings is 1. The van der Waals surface area contributed by atoms with Crippen molar-refractivity contribution in [3.63, 3.8) is 0 Å². The molecule has 4 nitrogen and oxygen atoms in total. The lowest BCUT2D eigenvalue weighted by Gasteiger charge is -2.16. The molecule has 0 saturated carbocycles. The van der Waals surface area contributed by atoms with E-state index in [1.165, 1.54) is 12.8 Å². The highest BCUT2D eigenvalue weighted by molar-refractivity contribution is 6.03. The Labute approximate surface area is 123 Å². The Bertz CT molecular complexity index is 688. The van der Waals surface area contributed by atoms with E-state index in [4.69, 9.17) is 0 Å². The van der Waals surface area contributed by atoms with Gasteiger partial charge in [-0.15, -0.1) is 0 Å². The van der Waals surface area contributed by atoms with E-state index in [0.29, 0.717) is 6.42 Å². The molecule has 0 spiro atoms. The van der Waals surface area contributed by atoms with Crippen molar-refractivity contribution in [2.45, 2.75) is 19.3 Å². The van der Waals surface area contributed by atoms with Crippen LogP contribution in [0.4, 0.5) is 11.5 Å². The summed E-state index contributed by atoms with van der Waals surface area (Å²) in [4.78, 5) is 18.5. The minimum absolute atomic E-state index is 0.0686. The minimum atomic E-state index is 0.0686. The fourth-order valence-electron chi connectivity index (χ4n) is 3.17. The number of carbonyl (C=O) groups excluding carboxylic acids is 1. The third-order valence-corrected chi connectivity index (χ3v) is 4.26. The van der Waals surface area contributed by atoms with Crippen molar-refractivity contribution in [3.8, 4) is 11.1 Å². The summed E-state index contributed by atoms with van der Waals surface area (Å²) in [6.45, 7) is 2.20. The van der Waals surface area contributed by atoms with Crippen LogP contribution in [0.2, 0.25) is 0 Å². The van der Waals surface area contributed by atoms with Crippen LogP contribution in [0.3, 0.4) is 0 Å². The lowest BCUT2D eigenvalue weighted by Crippen LogP contribution is -2.18. The summed E-state index contributed by atoms with van der Waals surface area (Å²) in [5.74, 6) is 1.12. The number of hydrogen-bond donors (Lipinski definition) is 1. The Morgan fingerprint density at radius 1 is 1.10 bits per heavy atom. The van der Waals surface area contributed by atoms with Crippen molar-refractivity contribution >= 4 is 17.4 Å². The van der Waals surface area contributed by atoms with Crippen LogP contribution in [0.15, 0.2) is 36.5 Å². The van der Waals surface area contributed by atoms with E-state index in [1.807, 2.05) is 24.4 Å². The average molecular weight is 279 g/mol. The van der Waals surface area contributed by atoms with E-state index >= 15 is 0 Å². The number of pyridine rings is 1. The van der Waals surface area contributed by atoms with Crippen LogP contribution in [-0.4, -0.2) is 24.0 Å². The molecule has 0 atom stereocenters. The van der Waals surface area contributed by atoms with Gasteiger partial charge in [-0.1, -0.05) is 18.2 Å². The van der Waals surface area contributed by atoms with E-state index in [1.54, 1.807) is 0 Å². The molecular formula is C17H17N3O. The average Bonchev–Trinajstić information content (AvgIpc) is 3.15. The van der Waals surface area contributed by atoms with Gasteiger partial charge in [0.15, 0.2) is 0 Å². The maximum absolute atomic E-state index is 11.6. The van der Waals surface area contributed by atoms with Crippen molar-refractivity contribution < 1.29 is 4.79 Å². The largest absolute Gasteiger partial charge is 0.357 e. The predicted octanol–water partition coefficient (Wildman–Crippen LogP) is 2.84. The summed E-state index contributed by atoms with van der Waals surface area (Å²) in [5, 5.41) is 2.96. The van der Waals surface area contributed by atoms with Gasteiger partial charge in [0.05, 0.1) is 12.1 Å². The first-order chi connectivity index (χ1) is 10.3. The van der Waals surface area contributed by atoms with Crippen LogP contribution in [0, 0.1) is 0 Å². The number of amides is 1. The lowest BCUT2D eigenvalue weighted by molar-refractivity contribution is -0.115. The fraction of sp³-hybridized carbons (Fsp3) is 0.294. The molecule has 4 rings (SSSR count). The Morgan fingerprint density at radius 3 is 2.71 bits per heavy atom. The van der Waals surface area contributed by atoms with Crippen LogP contribution in [0.5, 0.6) is 0 Å². The Hall–Kier alpha value is -2.36. The summed E-state index contributed by atoms with van der Waals surface area (Å²) in [6, 6.07) is 10.2. The van der Waals surface area contributed by atoms with Crippen molar-refractivity contribution in [1.29, 1.82) is 0 Å². The van der Waals surface area contributed by atoms with Crippen molar-refractivity contribution in [1.82, 2.24) is 4.98 Å². The first kappa shape index (κ1) is 12.4. The summed E-state index contributed by atoms with van der Waals surface area (Å²) in [6.07, 6.45) is 4.89. The minimum Gasteiger partial charge on any atom is -0.357 e. The molecule has 0 radical (unpaired) electrons. The van der Waals surface area contributed by atoms with E-state index in [0.717, 1.165) is 41.3 Å². The van der Waals surface area contributed by atoms with Crippen LogP contribution >= 0.6 is 0 Å². The maximum atomic E-state index is 11.6. The monoisotopic (exact) mass is 279 g/mol. The van der Waals surface area contributed by atoms with Crippen molar-refractivity contribution in [2.75, 3.05) is 23.3 Å². The van der Waals surface area contributed by atoms with Gasteiger partial charge in [0.2, 0.25) is 5.91 Å². The number of para-hydroxylation sites is 1. The number of fused-ring (bicyclic) bond motifs is 1. The van der Waals surface area contributed by atoms with Gasteiger partial charge in [0.1, 0.15) is 5.82 Å². The molecule has 4 heteroatoms. The summed E-state index contributed by atoms with van der Waals surface area (Å²) < 4.78 is 0. The highest BCUT2D eigenvalue weighted by Crippen LogP contribution is 2.34. The molecule has 106 valence electrons. The summed E-state index contributed by atoms with van der Waals surface area (Å²) in [5.41, 5.74) is 4.12. The molecular weight excluding hydrogens is 262 g/mol. The van der Waals surface area contributed by atoms with Gasteiger partial charge in [-0.25, -0.2) is 4.98 Å². The molecule has 21 heavy (non-hydrogen) atoms. The Balaban J connectivity index is 1.68. The molecule has 1 amide bonds. The van der Waals surface area contributed by atoms with E-state index in [2.05, 4.69) is 27.3 Å². The number of anilines is 2. The van der Waals surface area contributed by atoms with Gasteiger partial charge in [-0.3, -0.25) is 4.79 Å². The van der Waals surface area contributed by atoms with Crippen LogP contribution < -0.4 is 10.2 Å². The second-order valence-corrected chi connectivity index (χ2v) is 5.66. The first-order valence-electron chi connectivity index (χ1n) is 7.44. The summed E-state index contributed by atoms with van der Waals surface area (Å²) >= 11 is 0. The lowest BCUT2D eigenvalue weighted by atomic mass is 10.0. The third-order valence-electron chi connectivity index (χ3n) is 4.26. The second kappa shape index (κ2) is 4.88.